The van der Waals surface area contributed by atoms with Gasteiger partial charge in [-0.15, -0.1) is 0 Å². The van der Waals surface area contributed by atoms with Crippen molar-refractivity contribution in [3.63, 3.8) is 0 Å². The van der Waals surface area contributed by atoms with Crippen molar-refractivity contribution in [1.29, 1.82) is 0 Å². The van der Waals surface area contributed by atoms with Crippen molar-refractivity contribution in [3.05, 3.63) is 21.6 Å². The molecule has 0 saturated carbocycles. The number of nitrogens with zero attached hydrogens (tertiary/aromatic N) is 2. The summed E-state index contributed by atoms with van der Waals surface area (Å²) in [6.07, 6.45) is 5.72. The normalized spacial score (nSPS) is 24.3. The minimum absolute atomic E-state index is 0.138. The van der Waals surface area contributed by atoms with Crippen molar-refractivity contribution in [2.24, 2.45) is 5.92 Å². The monoisotopic (exact) mass is 340 g/mol. The average molecular weight is 341 g/mol. The van der Waals surface area contributed by atoms with Crippen LogP contribution in [0.4, 0.5) is 5.69 Å². The van der Waals surface area contributed by atoms with E-state index in [-0.39, 0.29) is 22.7 Å². The molecule has 0 bridgehead atoms. The second-order valence-corrected chi connectivity index (χ2v) is 6.89. The van der Waals surface area contributed by atoms with Gasteiger partial charge in [-0.25, -0.2) is 4.68 Å². The lowest BCUT2D eigenvalue weighted by Gasteiger charge is -2.29. The summed E-state index contributed by atoms with van der Waals surface area (Å²) >= 11 is 6.32. The van der Waals surface area contributed by atoms with Gasteiger partial charge in [0.1, 0.15) is 5.02 Å². The van der Waals surface area contributed by atoms with E-state index in [9.17, 15) is 4.79 Å². The van der Waals surface area contributed by atoms with Gasteiger partial charge < -0.3 is 15.4 Å². The van der Waals surface area contributed by atoms with Gasteiger partial charge in [-0.3, -0.25) is 4.79 Å². The molecule has 23 heavy (non-hydrogen) atoms. The SMILES string of the molecule is C[C@@H](Nc1cnn(C2CCNCC2)c(=O)c1Cl)[C@@H]1CCCOC1. The number of halogens is 1. The first-order valence-electron chi connectivity index (χ1n) is 8.49. The van der Waals surface area contributed by atoms with E-state index in [4.69, 9.17) is 16.3 Å². The fourth-order valence-electron chi connectivity index (χ4n) is 3.38. The Morgan fingerprint density at radius 1 is 1.43 bits per heavy atom. The Morgan fingerprint density at radius 2 is 2.22 bits per heavy atom. The van der Waals surface area contributed by atoms with E-state index in [2.05, 4.69) is 22.7 Å². The molecule has 0 unspecified atom stereocenters. The summed E-state index contributed by atoms with van der Waals surface area (Å²) in [4.78, 5) is 12.5. The fraction of sp³-hybridized carbons (Fsp3) is 0.750. The van der Waals surface area contributed by atoms with Crippen LogP contribution in [0.2, 0.25) is 5.02 Å². The van der Waals surface area contributed by atoms with Crippen LogP contribution in [0.5, 0.6) is 0 Å². The fourth-order valence-corrected chi connectivity index (χ4v) is 3.57. The van der Waals surface area contributed by atoms with Gasteiger partial charge in [-0.05, 0) is 45.7 Å². The Bertz CT molecular complexity index is 580. The highest BCUT2D eigenvalue weighted by molar-refractivity contribution is 6.32. The molecule has 128 valence electrons. The lowest BCUT2D eigenvalue weighted by Crippen LogP contribution is -2.37. The number of anilines is 1. The number of aromatic nitrogens is 2. The third-order valence-electron chi connectivity index (χ3n) is 4.88. The molecule has 3 heterocycles. The first-order valence-corrected chi connectivity index (χ1v) is 8.87. The van der Waals surface area contributed by atoms with Gasteiger partial charge in [0, 0.05) is 18.6 Å². The van der Waals surface area contributed by atoms with Crippen LogP contribution in [-0.2, 0) is 4.74 Å². The number of rotatable bonds is 4. The third kappa shape index (κ3) is 3.87. The molecule has 0 radical (unpaired) electrons. The van der Waals surface area contributed by atoms with E-state index in [1.807, 2.05) is 0 Å². The largest absolute Gasteiger partial charge is 0.381 e. The molecule has 0 spiro atoms. The summed E-state index contributed by atoms with van der Waals surface area (Å²) in [7, 11) is 0. The first-order chi connectivity index (χ1) is 11.2. The molecule has 6 nitrogen and oxygen atoms in total. The Morgan fingerprint density at radius 3 is 2.91 bits per heavy atom. The molecule has 0 aromatic carbocycles. The summed E-state index contributed by atoms with van der Waals surface area (Å²) in [5.41, 5.74) is 0.426. The highest BCUT2D eigenvalue weighted by Crippen LogP contribution is 2.24. The van der Waals surface area contributed by atoms with Crippen molar-refractivity contribution in [2.75, 3.05) is 31.6 Å². The summed E-state index contributed by atoms with van der Waals surface area (Å²) in [6, 6.07) is 0.336. The third-order valence-corrected chi connectivity index (χ3v) is 5.25. The van der Waals surface area contributed by atoms with Crippen molar-refractivity contribution in [1.82, 2.24) is 15.1 Å². The maximum atomic E-state index is 12.5. The quantitative estimate of drug-likeness (QED) is 0.878. The molecule has 1 aromatic heterocycles. The van der Waals surface area contributed by atoms with Crippen molar-refractivity contribution >= 4 is 17.3 Å². The lowest BCUT2D eigenvalue weighted by atomic mass is 9.95. The van der Waals surface area contributed by atoms with E-state index in [1.165, 1.54) is 0 Å². The van der Waals surface area contributed by atoms with Crippen LogP contribution in [0.25, 0.3) is 0 Å². The zero-order valence-electron chi connectivity index (χ0n) is 13.6. The van der Waals surface area contributed by atoms with Crippen molar-refractivity contribution in [3.8, 4) is 0 Å². The van der Waals surface area contributed by atoms with E-state index >= 15 is 0 Å². The maximum absolute atomic E-state index is 12.5. The zero-order chi connectivity index (χ0) is 16.2. The predicted octanol–water partition coefficient (Wildman–Crippen LogP) is 2.05. The Labute approximate surface area is 141 Å². The number of hydrogen-bond donors (Lipinski definition) is 2. The Hall–Kier alpha value is -1.11. The molecular formula is C16H25ClN4O2. The van der Waals surface area contributed by atoms with Crippen LogP contribution in [0.15, 0.2) is 11.0 Å². The lowest BCUT2D eigenvalue weighted by molar-refractivity contribution is 0.0496. The smallest absolute Gasteiger partial charge is 0.287 e. The van der Waals surface area contributed by atoms with E-state index in [1.54, 1.807) is 10.9 Å². The summed E-state index contributed by atoms with van der Waals surface area (Å²) < 4.78 is 7.08. The molecule has 0 aliphatic carbocycles. The molecule has 0 amide bonds. The van der Waals surface area contributed by atoms with Crippen LogP contribution >= 0.6 is 11.6 Å². The maximum Gasteiger partial charge on any atom is 0.287 e. The van der Waals surface area contributed by atoms with Gasteiger partial charge in [0.25, 0.3) is 5.56 Å². The van der Waals surface area contributed by atoms with Gasteiger partial charge in [-0.1, -0.05) is 11.6 Å². The van der Waals surface area contributed by atoms with E-state index in [0.29, 0.717) is 11.6 Å². The topological polar surface area (TPSA) is 68.2 Å². The average Bonchev–Trinajstić information content (AvgIpc) is 2.60. The molecule has 2 aliphatic rings. The zero-order valence-corrected chi connectivity index (χ0v) is 14.3. The van der Waals surface area contributed by atoms with Crippen LogP contribution in [-0.4, -0.2) is 42.1 Å². The van der Waals surface area contributed by atoms with Gasteiger partial charge in [0.05, 0.1) is 24.5 Å². The van der Waals surface area contributed by atoms with Gasteiger partial charge in [-0.2, -0.15) is 5.10 Å². The van der Waals surface area contributed by atoms with Crippen LogP contribution < -0.4 is 16.2 Å². The van der Waals surface area contributed by atoms with Gasteiger partial charge >= 0.3 is 0 Å². The second-order valence-electron chi connectivity index (χ2n) is 6.51. The number of ether oxygens (including phenoxy) is 1. The molecule has 7 heteroatoms. The summed E-state index contributed by atoms with van der Waals surface area (Å²) in [6.45, 7) is 5.53. The second kappa shape index (κ2) is 7.64. The standard InChI is InChI=1S/C16H25ClN4O2/c1-11(12-3-2-8-23-10-12)20-14-9-19-21(16(22)15(14)17)13-4-6-18-7-5-13/h9,11-13,18,20H,2-8,10H2,1H3/t11-,12-/m1/s1. The summed E-state index contributed by atoms with van der Waals surface area (Å²) in [5, 5.41) is 11.2. The number of hydrogen-bond acceptors (Lipinski definition) is 5. The molecule has 2 saturated heterocycles. The number of piperidine rings is 1. The van der Waals surface area contributed by atoms with Crippen LogP contribution in [0.1, 0.15) is 38.6 Å². The molecule has 1 aromatic rings. The van der Waals surface area contributed by atoms with E-state index < -0.39 is 0 Å². The van der Waals surface area contributed by atoms with E-state index in [0.717, 1.165) is 52.0 Å². The molecule has 3 rings (SSSR count). The van der Waals surface area contributed by atoms with Gasteiger partial charge in [0.2, 0.25) is 0 Å². The van der Waals surface area contributed by atoms with Gasteiger partial charge in [0.15, 0.2) is 0 Å². The first kappa shape index (κ1) is 16.7. The van der Waals surface area contributed by atoms with Crippen LogP contribution in [0.3, 0.4) is 0 Å². The molecular weight excluding hydrogens is 316 g/mol. The Kier molecular flexibility index (Phi) is 5.56. The Balaban J connectivity index is 1.73. The predicted molar refractivity (Wildman–Crippen MR) is 91.3 cm³/mol. The minimum Gasteiger partial charge on any atom is -0.381 e. The molecule has 2 aliphatic heterocycles. The van der Waals surface area contributed by atoms with Crippen molar-refractivity contribution in [2.45, 2.75) is 44.7 Å². The highest BCUT2D eigenvalue weighted by Gasteiger charge is 2.23. The summed E-state index contributed by atoms with van der Waals surface area (Å²) in [5.74, 6) is 0.437. The highest BCUT2D eigenvalue weighted by atomic mass is 35.5. The number of nitrogens with one attached hydrogen (secondary N) is 2. The molecule has 2 fully saturated rings. The molecule has 2 N–H and O–H groups in total. The van der Waals surface area contributed by atoms with Crippen molar-refractivity contribution < 1.29 is 4.74 Å². The van der Waals surface area contributed by atoms with Crippen LogP contribution in [0, 0.1) is 5.92 Å². The minimum atomic E-state index is -0.198. The molecule has 2 atom stereocenters.